The molecule has 1 heterocycles. The molecule has 166 valence electrons. The number of nitrogens with one attached hydrogen (secondary N) is 1. The number of benzene rings is 1. The first kappa shape index (κ1) is 22.5. The van der Waals surface area contributed by atoms with Crippen LogP contribution in [0.25, 0.3) is 0 Å². The molecule has 0 aromatic heterocycles. The van der Waals surface area contributed by atoms with Crippen molar-refractivity contribution >= 4 is 61.2 Å². The number of imide groups is 1. The number of rotatable bonds is 6. The van der Waals surface area contributed by atoms with Crippen LogP contribution in [0.15, 0.2) is 24.3 Å². The lowest BCUT2D eigenvalue weighted by atomic mass is 9.81. The summed E-state index contributed by atoms with van der Waals surface area (Å²) in [6, 6.07) is 6.32. The van der Waals surface area contributed by atoms with E-state index in [9.17, 15) is 19.2 Å². The van der Waals surface area contributed by atoms with Crippen molar-refractivity contribution < 1.29 is 23.9 Å². The maximum absolute atomic E-state index is 13.0. The van der Waals surface area contributed by atoms with Crippen molar-refractivity contribution in [3.63, 3.8) is 0 Å². The molecule has 2 bridgehead atoms. The minimum Gasteiger partial charge on any atom is -0.454 e. The average molecular weight is 556 g/mol. The molecule has 1 saturated heterocycles. The summed E-state index contributed by atoms with van der Waals surface area (Å²) >= 11 is 7.28. The maximum Gasteiger partial charge on any atom is 0.329 e. The zero-order valence-electron chi connectivity index (χ0n) is 17.2. The van der Waals surface area contributed by atoms with Gasteiger partial charge in [0.15, 0.2) is 6.61 Å². The van der Waals surface area contributed by atoms with Crippen LogP contribution in [0.1, 0.15) is 25.8 Å². The van der Waals surface area contributed by atoms with E-state index in [0.29, 0.717) is 5.69 Å². The molecule has 3 aliphatic rings. The van der Waals surface area contributed by atoms with Gasteiger partial charge in [-0.2, -0.15) is 0 Å². The Labute approximate surface area is 197 Å². The van der Waals surface area contributed by atoms with Gasteiger partial charge in [-0.05, 0) is 49.3 Å². The van der Waals surface area contributed by atoms with Gasteiger partial charge in [0.1, 0.15) is 6.04 Å². The molecule has 0 radical (unpaired) electrons. The van der Waals surface area contributed by atoms with Gasteiger partial charge in [0.05, 0.1) is 11.8 Å². The smallest absolute Gasteiger partial charge is 0.329 e. The predicted molar refractivity (Wildman–Crippen MR) is 121 cm³/mol. The van der Waals surface area contributed by atoms with Gasteiger partial charge in [-0.1, -0.05) is 50.9 Å². The van der Waals surface area contributed by atoms with Crippen LogP contribution in [0.3, 0.4) is 0 Å². The second kappa shape index (κ2) is 8.65. The van der Waals surface area contributed by atoms with Crippen LogP contribution in [-0.2, 0) is 30.3 Å². The summed E-state index contributed by atoms with van der Waals surface area (Å²) in [5.41, 5.74) is 1.75. The van der Waals surface area contributed by atoms with Crippen LogP contribution in [0, 0.1) is 23.7 Å². The Hall–Kier alpha value is -1.74. The monoisotopic (exact) mass is 554 g/mol. The van der Waals surface area contributed by atoms with Gasteiger partial charge in [-0.15, -0.1) is 0 Å². The number of aryl methyl sites for hydroxylation is 1. The van der Waals surface area contributed by atoms with E-state index in [1.54, 1.807) is 12.1 Å². The van der Waals surface area contributed by atoms with Crippen LogP contribution in [0.2, 0.25) is 0 Å². The third-order valence-corrected chi connectivity index (χ3v) is 9.95. The lowest BCUT2D eigenvalue weighted by molar-refractivity contribution is -0.159. The number of esters is 1. The number of fused-ring (bicyclic) bond motifs is 5. The Morgan fingerprint density at radius 3 is 2.16 bits per heavy atom. The summed E-state index contributed by atoms with van der Waals surface area (Å²) in [6.07, 6.45) is 1.72. The molecule has 2 aliphatic carbocycles. The number of hydrogen-bond acceptors (Lipinski definition) is 5. The van der Waals surface area contributed by atoms with Gasteiger partial charge in [-0.25, -0.2) is 4.79 Å². The van der Waals surface area contributed by atoms with E-state index in [1.165, 1.54) is 6.92 Å². The van der Waals surface area contributed by atoms with Crippen molar-refractivity contribution in [3.8, 4) is 0 Å². The highest BCUT2D eigenvalue weighted by atomic mass is 79.9. The number of ether oxygens (including phenoxy) is 1. The average Bonchev–Trinajstić information content (AvgIpc) is 3.37. The summed E-state index contributed by atoms with van der Waals surface area (Å²) in [4.78, 5) is 52.0. The lowest BCUT2D eigenvalue weighted by Gasteiger charge is -2.28. The number of carbonyl (C=O) groups excluding carboxylic acids is 4. The number of likely N-dealkylation sites (tertiary alicyclic amines) is 1. The first-order valence-electron chi connectivity index (χ1n) is 10.4. The summed E-state index contributed by atoms with van der Waals surface area (Å²) in [6.45, 7) is 3.03. The Kier molecular flexibility index (Phi) is 6.27. The molecule has 1 N–H and O–H groups in total. The molecule has 1 aromatic rings. The van der Waals surface area contributed by atoms with Gasteiger partial charge in [0.25, 0.3) is 5.91 Å². The molecule has 31 heavy (non-hydrogen) atoms. The quantitative estimate of drug-likeness (QED) is 0.331. The molecule has 2 saturated carbocycles. The van der Waals surface area contributed by atoms with E-state index in [4.69, 9.17) is 4.74 Å². The molecule has 0 spiro atoms. The number of halogens is 2. The number of carbonyl (C=O) groups is 4. The summed E-state index contributed by atoms with van der Waals surface area (Å²) < 4.78 is 5.11. The molecule has 9 heteroatoms. The Bertz CT molecular complexity index is 889. The summed E-state index contributed by atoms with van der Waals surface area (Å²) in [7, 11) is 0. The molecule has 0 unspecified atom stereocenters. The zero-order chi connectivity index (χ0) is 22.4. The van der Waals surface area contributed by atoms with Crippen molar-refractivity contribution in [2.45, 2.75) is 42.4 Å². The van der Waals surface area contributed by atoms with E-state index in [1.807, 2.05) is 19.1 Å². The highest BCUT2D eigenvalue weighted by Gasteiger charge is 2.67. The topological polar surface area (TPSA) is 92.8 Å². The molecule has 1 aromatic carbocycles. The lowest BCUT2D eigenvalue weighted by Crippen LogP contribution is -2.45. The van der Waals surface area contributed by atoms with E-state index in [0.717, 1.165) is 23.3 Å². The Morgan fingerprint density at radius 2 is 1.65 bits per heavy atom. The van der Waals surface area contributed by atoms with Crippen LogP contribution in [0.5, 0.6) is 0 Å². The normalized spacial score (nSPS) is 32.2. The third kappa shape index (κ3) is 3.84. The largest absolute Gasteiger partial charge is 0.454 e. The zero-order valence-corrected chi connectivity index (χ0v) is 20.4. The first-order chi connectivity index (χ1) is 14.7. The van der Waals surface area contributed by atoms with Crippen LogP contribution in [0.4, 0.5) is 5.69 Å². The number of anilines is 1. The van der Waals surface area contributed by atoms with Gasteiger partial charge in [0.2, 0.25) is 11.8 Å². The summed E-state index contributed by atoms with van der Waals surface area (Å²) in [5, 5.41) is 2.66. The fraction of sp³-hybridized carbons (Fsp3) is 0.545. The second-order valence-corrected chi connectivity index (χ2v) is 10.5. The van der Waals surface area contributed by atoms with Crippen LogP contribution >= 0.6 is 31.9 Å². The highest BCUT2D eigenvalue weighted by molar-refractivity contribution is 9.12. The van der Waals surface area contributed by atoms with Crippen molar-refractivity contribution in [2.24, 2.45) is 23.7 Å². The SMILES string of the molecule is CCc1ccc(NC(=O)COC(=O)[C@H](C)N2C(=O)[C@@H]3[C@H]4C[C@@H]([C@H](Br)[C@H]4Br)[C@@H]3C2=O)cc1. The van der Waals surface area contributed by atoms with E-state index < -0.39 is 24.5 Å². The van der Waals surface area contributed by atoms with Gasteiger partial charge >= 0.3 is 5.97 Å². The number of hydrogen-bond donors (Lipinski definition) is 1. The van der Waals surface area contributed by atoms with Gasteiger partial charge in [-0.3, -0.25) is 19.3 Å². The highest BCUT2D eigenvalue weighted by Crippen LogP contribution is 2.60. The molecule has 4 rings (SSSR count). The van der Waals surface area contributed by atoms with E-state index >= 15 is 0 Å². The van der Waals surface area contributed by atoms with Crippen molar-refractivity contribution in [1.29, 1.82) is 0 Å². The Balaban J connectivity index is 1.34. The number of amides is 3. The fourth-order valence-corrected chi connectivity index (χ4v) is 7.01. The minimum absolute atomic E-state index is 0.0777. The standard InChI is InChI=1S/C22H24Br2N2O5/c1-3-11-4-6-12(7-5-11)25-15(27)9-31-22(30)10(2)26-20(28)16-13-8-14(17(16)21(26)29)19(24)18(13)23/h4-7,10,13-14,16-19H,3,8-9H2,1-2H3,(H,25,27)/t10-,13+,14+,16-,17+,18-,19-/m0/s1. The van der Waals surface area contributed by atoms with E-state index in [-0.39, 0.29) is 45.1 Å². The fourth-order valence-electron chi connectivity index (χ4n) is 5.14. The van der Waals surface area contributed by atoms with Crippen molar-refractivity contribution in [3.05, 3.63) is 29.8 Å². The molecular formula is C22H24Br2N2O5. The van der Waals surface area contributed by atoms with E-state index in [2.05, 4.69) is 37.2 Å². The van der Waals surface area contributed by atoms with Crippen molar-refractivity contribution in [1.82, 2.24) is 4.90 Å². The first-order valence-corrected chi connectivity index (χ1v) is 12.3. The summed E-state index contributed by atoms with van der Waals surface area (Å²) in [5.74, 6) is -2.49. The third-order valence-electron chi connectivity index (χ3n) is 6.74. The Morgan fingerprint density at radius 1 is 1.10 bits per heavy atom. The van der Waals surface area contributed by atoms with Crippen LogP contribution in [-0.4, -0.2) is 50.9 Å². The van der Waals surface area contributed by atoms with Gasteiger partial charge in [0, 0.05) is 15.3 Å². The number of nitrogens with zero attached hydrogens (tertiary/aromatic N) is 1. The molecule has 7 nitrogen and oxygen atoms in total. The molecule has 3 amide bonds. The second-order valence-electron chi connectivity index (χ2n) is 8.43. The molecule has 1 aliphatic heterocycles. The molecule has 7 atom stereocenters. The van der Waals surface area contributed by atoms with Gasteiger partial charge < -0.3 is 10.1 Å². The van der Waals surface area contributed by atoms with Crippen LogP contribution < -0.4 is 5.32 Å². The minimum atomic E-state index is -1.07. The predicted octanol–water partition coefficient (Wildman–Crippen LogP) is 2.90. The van der Waals surface area contributed by atoms with Crippen molar-refractivity contribution in [2.75, 3.05) is 11.9 Å². The molecular weight excluding hydrogens is 532 g/mol. The number of alkyl halides is 2. The maximum atomic E-state index is 13.0. The molecule has 3 fully saturated rings.